The van der Waals surface area contributed by atoms with Gasteiger partial charge in [-0.05, 0) is 23.3 Å². The monoisotopic (exact) mass is 389 g/mol. The van der Waals surface area contributed by atoms with Crippen molar-refractivity contribution >= 4 is 21.8 Å². The van der Waals surface area contributed by atoms with E-state index in [2.05, 4.69) is 15.9 Å². The van der Waals surface area contributed by atoms with Crippen molar-refractivity contribution < 1.29 is 14.3 Å². The molecule has 2 aromatic carbocycles. The van der Waals surface area contributed by atoms with E-state index in [9.17, 15) is 4.79 Å². The Morgan fingerprint density at radius 3 is 2.50 bits per heavy atom. The van der Waals surface area contributed by atoms with Gasteiger partial charge in [-0.3, -0.25) is 4.79 Å². The molecule has 5 heteroatoms. The van der Waals surface area contributed by atoms with Crippen LogP contribution in [-0.4, -0.2) is 36.0 Å². The summed E-state index contributed by atoms with van der Waals surface area (Å²) < 4.78 is 11.0. The fourth-order valence-electron chi connectivity index (χ4n) is 3.00. The molecule has 0 aromatic heterocycles. The first-order valence-corrected chi connectivity index (χ1v) is 9.00. The van der Waals surface area contributed by atoms with Crippen molar-refractivity contribution in [2.24, 2.45) is 0 Å². The number of carbonyl (C=O) groups is 1. The number of hydrogen-bond donors (Lipinski definition) is 0. The van der Waals surface area contributed by atoms with E-state index in [1.54, 1.807) is 7.11 Å². The molecule has 0 radical (unpaired) electrons. The first kappa shape index (κ1) is 17.0. The third-order valence-electron chi connectivity index (χ3n) is 4.23. The minimum absolute atomic E-state index is 0.0110. The van der Waals surface area contributed by atoms with Crippen molar-refractivity contribution in [2.75, 3.05) is 19.0 Å². The zero-order valence-corrected chi connectivity index (χ0v) is 15.1. The molecule has 1 heterocycles. The maximum absolute atomic E-state index is 12.5. The lowest BCUT2D eigenvalue weighted by Gasteiger charge is -2.41. The smallest absolute Gasteiger partial charge is 0.249 e. The van der Waals surface area contributed by atoms with Gasteiger partial charge in [-0.2, -0.15) is 0 Å². The maximum atomic E-state index is 12.5. The van der Waals surface area contributed by atoms with Crippen LogP contribution in [0.1, 0.15) is 17.2 Å². The molecule has 0 aliphatic carbocycles. The molecule has 0 saturated carbocycles. The molecular formula is C19H20BrNO3. The number of nitrogens with zero attached hydrogens (tertiary/aromatic N) is 1. The predicted molar refractivity (Wildman–Crippen MR) is 96.3 cm³/mol. The van der Waals surface area contributed by atoms with E-state index in [0.29, 0.717) is 11.9 Å². The summed E-state index contributed by atoms with van der Waals surface area (Å²) in [5.41, 5.74) is 2.16. The third kappa shape index (κ3) is 3.62. The molecule has 3 rings (SSSR count). The molecule has 0 spiro atoms. The van der Waals surface area contributed by atoms with Crippen LogP contribution in [0.4, 0.5) is 0 Å². The summed E-state index contributed by atoms with van der Waals surface area (Å²) in [5.74, 6) is 0.821. The van der Waals surface area contributed by atoms with Crippen LogP contribution in [0.25, 0.3) is 0 Å². The van der Waals surface area contributed by atoms with Gasteiger partial charge in [0, 0.05) is 11.9 Å². The van der Waals surface area contributed by atoms with Crippen LogP contribution < -0.4 is 4.74 Å². The molecule has 2 atom stereocenters. The van der Waals surface area contributed by atoms with Crippen LogP contribution in [0, 0.1) is 0 Å². The highest BCUT2D eigenvalue weighted by molar-refractivity contribution is 9.09. The molecule has 24 heavy (non-hydrogen) atoms. The normalized spacial score (nSPS) is 20.9. The largest absolute Gasteiger partial charge is 0.497 e. The summed E-state index contributed by atoms with van der Waals surface area (Å²) in [7, 11) is 1.65. The average molecular weight is 390 g/mol. The van der Waals surface area contributed by atoms with Crippen LogP contribution >= 0.6 is 15.9 Å². The molecule has 2 unspecified atom stereocenters. The van der Waals surface area contributed by atoms with Crippen LogP contribution in [0.2, 0.25) is 0 Å². The molecule has 1 aliphatic heterocycles. The van der Waals surface area contributed by atoms with Gasteiger partial charge in [0.05, 0.1) is 19.3 Å². The van der Waals surface area contributed by atoms with Gasteiger partial charge in [0.2, 0.25) is 5.91 Å². The van der Waals surface area contributed by atoms with Gasteiger partial charge in [-0.15, -0.1) is 0 Å². The van der Waals surface area contributed by atoms with Gasteiger partial charge in [0.1, 0.15) is 12.4 Å². The lowest BCUT2D eigenvalue weighted by molar-refractivity contribution is -0.156. The van der Waals surface area contributed by atoms with Gasteiger partial charge in [-0.1, -0.05) is 58.4 Å². The number of ether oxygens (including phenoxy) is 2. The van der Waals surface area contributed by atoms with E-state index >= 15 is 0 Å². The fraction of sp³-hybridized carbons (Fsp3) is 0.316. The number of morpholine rings is 1. The second kappa shape index (κ2) is 7.81. The molecule has 1 saturated heterocycles. The summed E-state index contributed by atoms with van der Waals surface area (Å²) >= 11 is 3.52. The SMILES string of the molecule is COc1ccc(CN2C(=O)COC(CBr)C2c2ccccc2)cc1. The van der Waals surface area contributed by atoms with Crippen molar-refractivity contribution in [2.45, 2.75) is 18.7 Å². The molecule has 1 amide bonds. The number of methoxy groups -OCH3 is 1. The molecule has 126 valence electrons. The summed E-state index contributed by atoms with van der Waals surface area (Å²) in [6.45, 7) is 0.672. The highest BCUT2D eigenvalue weighted by Crippen LogP contribution is 2.32. The van der Waals surface area contributed by atoms with Gasteiger partial charge in [0.15, 0.2) is 0 Å². The van der Waals surface area contributed by atoms with Gasteiger partial charge >= 0.3 is 0 Å². The van der Waals surface area contributed by atoms with Gasteiger partial charge in [0.25, 0.3) is 0 Å². The number of rotatable bonds is 5. The zero-order chi connectivity index (χ0) is 16.9. The quantitative estimate of drug-likeness (QED) is 0.733. The van der Waals surface area contributed by atoms with Crippen LogP contribution in [0.15, 0.2) is 54.6 Å². The molecule has 1 fully saturated rings. The second-order valence-corrected chi connectivity index (χ2v) is 6.38. The minimum Gasteiger partial charge on any atom is -0.497 e. The second-order valence-electron chi connectivity index (χ2n) is 5.73. The Bertz CT molecular complexity index is 675. The summed E-state index contributed by atoms with van der Waals surface area (Å²) in [6.07, 6.45) is -0.0663. The number of amides is 1. The number of hydrogen-bond acceptors (Lipinski definition) is 3. The van der Waals surface area contributed by atoms with Crippen molar-refractivity contribution in [3.63, 3.8) is 0 Å². The first-order valence-electron chi connectivity index (χ1n) is 7.88. The van der Waals surface area contributed by atoms with Gasteiger partial charge in [-0.25, -0.2) is 0 Å². The Hall–Kier alpha value is -1.85. The maximum Gasteiger partial charge on any atom is 0.249 e. The van der Waals surface area contributed by atoms with Crippen molar-refractivity contribution in [3.05, 3.63) is 65.7 Å². The highest BCUT2D eigenvalue weighted by Gasteiger charge is 2.37. The van der Waals surface area contributed by atoms with Crippen LogP contribution in [0.3, 0.4) is 0 Å². The Morgan fingerprint density at radius 2 is 1.88 bits per heavy atom. The van der Waals surface area contributed by atoms with Crippen molar-refractivity contribution in [3.8, 4) is 5.75 Å². The third-order valence-corrected chi connectivity index (χ3v) is 4.87. The van der Waals surface area contributed by atoms with E-state index in [4.69, 9.17) is 9.47 Å². The highest BCUT2D eigenvalue weighted by atomic mass is 79.9. The Kier molecular flexibility index (Phi) is 5.53. The van der Waals surface area contributed by atoms with E-state index < -0.39 is 0 Å². The molecular weight excluding hydrogens is 370 g/mol. The van der Waals surface area contributed by atoms with Crippen molar-refractivity contribution in [1.82, 2.24) is 4.90 Å². The summed E-state index contributed by atoms with van der Waals surface area (Å²) in [6, 6.07) is 17.8. The van der Waals surface area contributed by atoms with E-state index in [1.807, 2.05) is 59.5 Å². The van der Waals surface area contributed by atoms with Crippen LogP contribution in [-0.2, 0) is 16.1 Å². The van der Waals surface area contributed by atoms with Crippen molar-refractivity contribution in [1.29, 1.82) is 0 Å². The topological polar surface area (TPSA) is 38.8 Å². The lowest BCUT2D eigenvalue weighted by atomic mass is 9.98. The molecule has 2 aromatic rings. The summed E-state index contributed by atoms with van der Waals surface area (Å²) in [5, 5.41) is 0.680. The van der Waals surface area contributed by atoms with E-state index in [1.165, 1.54) is 0 Å². The fourth-order valence-corrected chi connectivity index (χ4v) is 3.54. The van der Waals surface area contributed by atoms with E-state index in [0.717, 1.165) is 16.9 Å². The van der Waals surface area contributed by atoms with Gasteiger partial charge < -0.3 is 14.4 Å². The molecule has 4 nitrogen and oxygen atoms in total. The molecule has 0 bridgehead atoms. The Balaban J connectivity index is 1.89. The number of halogens is 1. The Labute approximate surface area is 150 Å². The number of alkyl halides is 1. The first-order chi connectivity index (χ1) is 11.7. The zero-order valence-electron chi connectivity index (χ0n) is 13.5. The predicted octanol–water partition coefficient (Wildman–Crippen LogP) is 3.56. The molecule has 1 aliphatic rings. The number of carbonyl (C=O) groups excluding carboxylic acids is 1. The summed E-state index contributed by atoms with van der Waals surface area (Å²) in [4.78, 5) is 14.4. The molecule has 0 N–H and O–H groups in total. The lowest BCUT2D eigenvalue weighted by Crippen LogP contribution is -2.49. The Morgan fingerprint density at radius 1 is 1.17 bits per heavy atom. The van der Waals surface area contributed by atoms with Crippen LogP contribution in [0.5, 0.6) is 5.75 Å². The average Bonchev–Trinajstić information content (AvgIpc) is 2.64. The standard InChI is InChI=1S/C19H20BrNO3/c1-23-16-9-7-14(8-10-16)12-21-18(22)13-24-17(11-20)19(21)15-5-3-2-4-6-15/h2-10,17,19H,11-13H2,1H3. The van der Waals surface area contributed by atoms with E-state index in [-0.39, 0.29) is 24.7 Å². The minimum atomic E-state index is -0.103. The number of benzene rings is 2.